The topological polar surface area (TPSA) is 54.0 Å². The van der Waals surface area contributed by atoms with Crippen LogP contribution in [0.3, 0.4) is 0 Å². The summed E-state index contributed by atoms with van der Waals surface area (Å²) in [5, 5.41) is 5.65. The van der Waals surface area contributed by atoms with Crippen LogP contribution in [0, 0.1) is 6.92 Å². The zero-order valence-corrected chi connectivity index (χ0v) is 10.6. The standard InChI is InChI=1S/C10H14BrN3O/c1-6-4-8(5-13-9(6)11)14-10(15)7(2)12-3/h4-5,7,12H,1-3H3,(H,14,15). The number of pyridine rings is 1. The van der Waals surface area contributed by atoms with Crippen LogP contribution in [0.4, 0.5) is 5.69 Å². The van der Waals surface area contributed by atoms with Crippen molar-refractivity contribution in [3.63, 3.8) is 0 Å². The fraction of sp³-hybridized carbons (Fsp3) is 0.400. The maximum absolute atomic E-state index is 11.5. The van der Waals surface area contributed by atoms with E-state index in [0.717, 1.165) is 10.2 Å². The molecule has 0 spiro atoms. The molecule has 0 saturated heterocycles. The Hall–Kier alpha value is -0.940. The number of aryl methyl sites for hydroxylation is 1. The zero-order valence-electron chi connectivity index (χ0n) is 8.97. The van der Waals surface area contributed by atoms with Gasteiger partial charge in [-0.2, -0.15) is 0 Å². The minimum Gasteiger partial charge on any atom is -0.323 e. The van der Waals surface area contributed by atoms with Crippen molar-refractivity contribution < 1.29 is 4.79 Å². The molecule has 0 saturated carbocycles. The first-order valence-corrected chi connectivity index (χ1v) is 5.44. The van der Waals surface area contributed by atoms with Crippen LogP contribution >= 0.6 is 15.9 Å². The molecule has 15 heavy (non-hydrogen) atoms. The number of carbonyl (C=O) groups is 1. The number of carbonyl (C=O) groups excluding carboxylic acids is 1. The summed E-state index contributed by atoms with van der Waals surface area (Å²) < 4.78 is 0.794. The predicted molar refractivity (Wildman–Crippen MR) is 63.8 cm³/mol. The number of hydrogen-bond donors (Lipinski definition) is 2. The molecule has 5 heteroatoms. The van der Waals surface area contributed by atoms with Crippen LogP contribution in [0.15, 0.2) is 16.9 Å². The van der Waals surface area contributed by atoms with Gasteiger partial charge in [-0.3, -0.25) is 4.79 Å². The number of aromatic nitrogens is 1. The van der Waals surface area contributed by atoms with E-state index >= 15 is 0 Å². The first-order valence-electron chi connectivity index (χ1n) is 4.65. The summed E-state index contributed by atoms with van der Waals surface area (Å²) in [5.41, 5.74) is 1.70. The lowest BCUT2D eigenvalue weighted by molar-refractivity contribution is -0.117. The van der Waals surface area contributed by atoms with Gasteiger partial charge in [0.15, 0.2) is 0 Å². The van der Waals surface area contributed by atoms with E-state index in [9.17, 15) is 4.79 Å². The van der Waals surface area contributed by atoms with E-state index in [-0.39, 0.29) is 11.9 Å². The molecular weight excluding hydrogens is 258 g/mol. The highest BCUT2D eigenvalue weighted by atomic mass is 79.9. The Kier molecular flexibility index (Phi) is 4.23. The highest BCUT2D eigenvalue weighted by Gasteiger charge is 2.10. The van der Waals surface area contributed by atoms with Crippen LogP contribution in [-0.2, 0) is 4.79 Å². The average Bonchev–Trinajstić information content (AvgIpc) is 2.22. The van der Waals surface area contributed by atoms with E-state index in [1.54, 1.807) is 20.2 Å². The summed E-state index contributed by atoms with van der Waals surface area (Å²) in [4.78, 5) is 15.6. The number of hydrogen-bond acceptors (Lipinski definition) is 3. The Morgan fingerprint density at radius 2 is 2.27 bits per heavy atom. The minimum atomic E-state index is -0.214. The third-order valence-electron chi connectivity index (χ3n) is 2.11. The smallest absolute Gasteiger partial charge is 0.241 e. The normalized spacial score (nSPS) is 12.3. The van der Waals surface area contributed by atoms with Crippen LogP contribution in [0.2, 0.25) is 0 Å². The fourth-order valence-electron chi connectivity index (χ4n) is 1.01. The minimum absolute atomic E-state index is 0.0685. The molecule has 1 amide bonds. The van der Waals surface area contributed by atoms with Gasteiger partial charge in [-0.1, -0.05) is 0 Å². The fourth-order valence-corrected chi connectivity index (χ4v) is 1.22. The lowest BCUT2D eigenvalue weighted by atomic mass is 10.2. The molecule has 4 nitrogen and oxygen atoms in total. The SMILES string of the molecule is CNC(C)C(=O)Nc1cnc(Br)c(C)c1. The van der Waals surface area contributed by atoms with Gasteiger partial charge in [0.05, 0.1) is 17.9 Å². The quantitative estimate of drug-likeness (QED) is 0.823. The van der Waals surface area contributed by atoms with Crippen molar-refractivity contribution in [1.82, 2.24) is 10.3 Å². The highest BCUT2D eigenvalue weighted by Crippen LogP contribution is 2.16. The van der Waals surface area contributed by atoms with Gasteiger partial charge in [0.25, 0.3) is 0 Å². The van der Waals surface area contributed by atoms with E-state index in [1.165, 1.54) is 0 Å². The molecule has 1 unspecified atom stereocenters. The average molecular weight is 272 g/mol. The Labute approximate surface area is 97.6 Å². The molecule has 0 bridgehead atoms. The molecule has 1 rings (SSSR count). The number of rotatable bonds is 3. The maximum atomic E-state index is 11.5. The highest BCUT2D eigenvalue weighted by molar-refractivity contribution is 9.10. The van der Waals surface area contributed by atoms with Gasteiger partial charge in [-0.15, -0.1) is 0 Å². The van der Waals surface area contributed by atoms with Crippen LogP contribution in [0.5, 0.6) is 0 Å². The van der Waals surface area contributed by atoms with Crippen molar-refractivity contribution in [3.8, 4) is 0 Å². The van der Waals surface area contributed by atoms with Crippen LogP contribution < -0.4 is 10.6 Å². The van der Waals surface area contributed by atoms with Crippen LogP contribution in [0.1, 0.15) is 12.5 Å². The number of halogens is 1. The first-order chi connectivity index (χ1) is 7.04. The third kappa shape index (κ3) is 3.28. The largest absolute Gasteiger partial charge is 0.323 e. The van der Waals surface area contributed by atoms with Crippen molar-refractivity contribution in [2.75, 3.05) is 12.4 Å². The number of nitrogens with zero attached hydrogens (tertiary/aromatic N) is 1. The zero-order chi connectivity index (χ0) is 11.4. The Morgan fingerprint density at radius 3 is 2.80 bits per heavy atom. The monoisotopic (exact) mass is 271 g/mol. The second kappa shape index (κ2) is 5.23. The van der Waals surface area contributed by atoms with Crippen LogP contribution in [-0.4, -0.2) is 24.0 Å². The summed E-state index contributed by atoms with van der Waals surface area (Å²) in [6, 6.07) is 1.66. The van der Waals surface area contributed by atoms with E-state index in [0.29, 0.717) is 5.69 Å². The summed E-state index contributed by atoms with van der Waals surface area (Å²) >= 11 is 3.30. The van der Waals surface area contributed by atoms with Gasteiger partial charge in [0.1, 0.15) is 4.60 Å². The molecule has 82 valence electrons. The van der Waals surface area contributed by atoms with Crippen molar-refractivity contribution >= 4 is 27.5 Å². The molecule has 0 aliphatic carbocycles. The molecule has 1 aromatic heterocycles. The van der Waals surface area contributed by atoms with Gasteiger partial charge >= 0.3 is 0 Å². The Balaban J connectivity index is 2.73. The number of nitrogens with one attached hydrogen (secondary N) is 2. The summed E-state index contributed by atoms with van der Waals surface area (Å²) in [6.07, 6.45) is 1.62. The number of amides is 1. The van der Waals surface area contributed by atoms with Crippen molar-refractivity contribution in [2.45, 2.75) is 19.9 Å². The first kappa shape index (κ1) is 12.1. The molecule has 1 atom stereocenters. The maximum Gasteiger partial charge on any atom is 0.241 e. The van der Waals surface area contributed by atoms with Crippen molar-refractivity contribution in [1.29, 1.82) is 0 Å². The second-order valence-corrected chi connectivity index (χ2v) is 4.08. The molecule has 1 aromatic rings. The van der Waals surface area contributed by atoms with Crippen molar-refractivity contribution in [2.24, 2.45) is 0 Å². The summed E-state index contributed by atoms with van der Waals surface area (Å²) in [6.45, 7) is 3.72. The number of anilines is 1. The second-order valence-electron chi connectivity index (χ2n) is 3.33. The lowest BCUT2D eigenvalue weighted by Gasteiger charge is -2.11. The van der Waals surface area contributed by atoms with E-state index < -0.39 is 0 Å². The summed E-state index contributed by atoms with van der Waals surface area (Å²) in [5.74, 6) is -0.0685. The molecular formula is C10H14BrN3O. The molecule has 0 aliphatic rings. The summed E-state index contributed by atoms with van der Waals surface area (Å²) in [7, 11) is 1.75. The van der Waals surface area contributed by atoms with E-state index in [4.69, 9.17) is 0 Å². The molecule has 0 aliphatic heterocycles. The lowest BCUT2D eigenvalue weighted by Crippen LogP contribution is -2.35. The molecule has 1 heterocycles. The van der Waals surface area contributed by atoms with Gasteiger partial charge in [0.2, 0.25) is 5.91 Å². The molecule has 0 fully saturated rings. The molecule has 0 aromatic carbocycles. The van der Waals surface area contributed by atoms with Gasteiger partial charge in [-0.25, -0.2) is 4.98 Å². The van der Waals surface area contributed by atoms with E-state index in [2.05, 4.69) is 31.5 Å². The Morgan fingerprint density at radius 1 is 1.60 bits per heavy atom. The number of likely N-dealkylation sites (N-methyl/N-ethyl adjacent to an activating group) is 1. The molecule has 2 N–H and O–H groups in total. The van der Waals surface area contributed by atoms with Gasteiger partial charge in [-0.05, 0) is 48.5 Å². The predicted octanol–water partition coefficient (Wildman–Crippen LogP) is 1.70. The Bertz CT molecular complexity index is 368. The molecule has 0 radical (unpaired) electrons. The third-order valence-corrected chi connectivity index (χ3v) is 2.94. The van der Waals surface area contributed by atoms with Gasteiger partial charge < -0.3 is 10.6 Å². The van der Waals surface area contributed by atoms with Crippen molar-refractivity contribution in [3.05, 3.63) is 22.4 Å². The van der Waals surface area contributed by atoms with Crippen LogP contribution in [0.25, 0.3) is 0 Å². The van der Waals surface area contributed by atoms with Gasteiger partial charge in [0, 0.05) is 0 Å². The van der Waals surface area contributed by atoms with E-state index in [1.807, 2.05) is 13.0 Å².